The fourth-order valence-electron chi connectivity index (χ4n) is 2.78. The minimum atomic E-state index is -1.19. The van der Waals surface area contributed by atoms with Crippen LogP contribution in [0.5, 0.6) is 0 Å². The molecule has 0 saturated carbocycles. The van der Waals surface area contributed by atoms with Crippen molar-refractivity contribution in [3.05, 3.63) is 69.7 Å². The van der Waals surface area contributed by atoms with E-state index in [0.717, 1.165) is 5.56 Å². The molecule has 2 rings (SSSR count). The Labute approximate surface area is 195 Å². The van der Waals surface area contributed by atoms with Gasteiger partial charge in [0.1, 0.15) is 12.6 Å². The van der Waals surface area contributed by atoms with Gasteiger partial charge in [-0.2, -0.15) is 0 Å². The van der Waals surface area contributed by atoms with Crippen LogP contribution in [0.15, 0.2) is 48.5 Å². The zero-order valence-electron chi connectivity index (χ0n) is 17.3. The summed E-state index contributed by atoms with van der Waals surface area (Å²) in [4.78, 5) is 36.2. The van der Waals surface area contributed by atoms with Crippen molar-refractivity contribution >= 4 is 41.2 Å². The molecule has 172 valence electrons. The van der Waals surface area contributed by atoms with Gasteiger partial charge in [-0.05, 0) is 23.3 Å². The predicted octanol–water partition coefficient (Wildman–Crippen LogP) is 2.87. The molecule has 0 aliphatic heterocycles. The van der Waals surface area contributed by atoms with E-state index in [1.807, 2.05) is 18.2 Å². The van der Waals surface area contributed by atoms with Gasteiger partial charge >= 0.3 is 12.1 Å². The molecule has 3 N–H and O–H groups in total. The number of benzene rings is 2. The number of esters is 1. The lowest BCUT2D eigenvalue weighted by Crippen LogP contribution is -2.45. The van der Waals surface area contributed by atoms with E-state index < -0.39 is 30.1 Å². The first-order valence-corrected chi connectivity index (χ1v) is 10.5. The third-order valence-corrected chi connectivity index (χ3v) is 5.11. The summed E-state index contributed by atoms with van der Waals surface area (Å²) in [5.74, 6) is -1.30. The highest BCUT2D eigenvalue weighted by atomic mass is 35.5. The molecule has 2 amide bonds. The van der Waals surface area contributed by atoms with Crippen LogP contribution < -0.4 is 10.6 Å². The van der Waals surface area contributed by atoms with Gasteiger partial charge in [0.2, 0.25) is 5.91 Å². The second kappa shape index (κ2) is 12.9. The fraction of sp³-hybridized carbons (Fsp3) is 0.318. The van der Waals surface area contributed by atoms with Crippen LogP contribution in [0.4, 0.5) is 4.79 Å². The predicted molar refractivity (Wildman–Crippen MR) is 119 cm³/mol. The second-order valence-corrected chi connectivity index (χ2v) is 7.66. The third kappa shape index (κ3) is 8.37. The molecule has 32 heavy (non-hydrogen) atoms. The Morgan fingerprint density at radius 2 is 1.69 bits per heavy atom. The number of carbonyl (C=O) groups excluding carboxylic acids is 3. The van der Waals surface area contributed by atoms with Gasteiger partial charge in [0.25, 0.3) is 0 Å². The van der Waals surface area contributed by atoms with Crippen LogP contribution in [-0.4, -0.2) is 48.9 Å². The first kappa shape index (κ1) is 25.5. The zero-order valence-corrected chi connectivity index (χ0v) is 18.9. The van der Waals surface area contributed by atoms with Crippen molar-refractivity contribution in [2.24, 2.45) is 0 Å². The maximum atomic E-state index is 12.3. The highest BCUT2D eigenvalue weighted by Gasteiger charge is 2.25. The van der Waals surface area contributed by atoms with Gasteiger partial charge in [0, 0.05) is 23.0 Å². The van der Waals surface area contributed by atoms with Crippen molar-refractivity contribution in [3.63, 3.8) is 0 Å². The zero-order chi connectivity index (χ0) is 23.5. The molecule has 0 bridgehead atoms. The highest BCUT2D eigenvalue weighted by molar-refractivity contribution is 6.36. The average Bonchev–Trinajstić information content (AvgIpc) is 2.78. The molecule has 0 unspecified atom stereocenters. The molecule has 2 atom stereocenters. The number of rotatable bonds is 10. The van der Waals surface area contributed by atoms with Gasteiger partial charge in [-0.15, -0.1) is 0 Å². The Morgan fingerprint density at radius 3 is 2.31 bits per heavy atom. The number of hydrogen-bond donors (Lipinski definition) is 3. The Hall–Kier alpha value is -2.81. The van der Waals surface area contributed by atoms with Crippen LogP contribution >= 0.6 is 23.2 Å². The standard InChI is InChI=1S/C22H24Cl2N2O6/c1-31-21(29)19(11-16-17(23)8-5-9-18(16)24)26-20(28)10-15(27)12-25-22(30)32-13-14-6-3-2-4-7-14/h2-9,15,19,27H,10-13H2,1H3,(H,25,30)(H,26,28)/t15-,19+/m1/s1. The Balaban J connectivity index is 1.82. The second-order valence-electron chi connectivity index (χ2n) is 6.85. The first-order chi connectivity index (χ1) is 15.3. The molecule has 8 nitrogen and oxygen atoms in total. The van der Waals surface area contributed by atoms with Gasteiger partial charge in [-0.25, -0.2) is 9.59 Å². The van der Waals surface area contributed by atoms with Crippen LogP contribution in [0.3, 0.4) is 0 Å². The summed E-state index contributed by atoms with van der Waals surface area (Å²) < 4.78 is 9.77. The van der Waals surface area contributed by atoms with E-state index in [-0.39, 0.29) is 26.0 Å². The smallest absolute Gasteiger partial charge is 0.407 e. The number of ether oxygens (including phenoxy) is 2. The Bertz CT molecular complexity index is 906. The van der Waals surface area contributed by atoms with Crippen LogP contribution in [0.1, 0.15) is 17.5 Å². The molecule has 0 saturated heterocycles. The molecule has 0 aromatic heterocycles. The van der Waals surface area contributed by atoms with E-state index in [4.69, 9.17) is 32.7 Å². The molecule has 2 aromatic rings. The SMILES string of the molecule is COC(=O)[C@H](Cc1c(Cl)cccc1Cl)NC(=O)C[C@@H](O)CNC(=O)OCc1ccccc1. The quantitative estimate of drug-likeness (QED) is 0.448. The van der Waals surface area contributed by atoms with Crippen molar-refractivity contribution in [1.82, 2.24) is 10.6 Å². The average molecular weight is 483 g/mol. The lowest BCUT2D eigenvalue weighted by molar-refractivity contribution is -0.145. The summed E-state index contributed by atoms with van der Waals surface area (Å²) in [5.41, 5.74) is 1.30. The minimum absolute atomic E-state index is 0.0110. The lowest BCUT2D eigenvalue weighted by atomic mass is 10.1. The molecule has 0 heterocycles. The summed E-state index contributed by atoms with van der Waals surface area (Å²) in [6, 6.07) is 12.9. The number of methoxy groups -OCH3 is 1. The van der Waals surface area contributed by atoms with Gasteiger partial charge in [-0.3, -0.25) is 4.79 Å². The first-order valence-electron chi connectivity index (χ1n) is 9.72. The van der Waals surface area contributed by atoms with Gasteiger partial charge in [0.05, 0.1) is 19.6 Å². The van der Waals surface area contributed by atoms with Crippen molar-refractivity contribution in [2.45, 2.75) is 31.6 Å². The molecule has 2 aromatic carbocycles. The molecule has 0 spiro atoms. The molecule has 0 aliphatic carbocycles. The summed E-state index contributed by atoms with van der Waals surface area (Å²) in [5, 5.41) is 15.6. The van der Waals surface area contributed by atoms with Crippen LogP contribution in [0.25, 0.3) is 0 Å². The normalized spacial score (nSPS) is 12.4. The highest BCUT2D eigenvalue weighted by Crippen LogP contribution is 2.25. The van der Waals surface area contributed by atoms with E-state index in [1.54, 1.807) is 30.3 Å². The Morgan fingerprint density at radius 1 is 1.03 bits per heavy atom. The summed E-state index contributed by atoms with van der Waals surface area (Å²) in [6.45, 7) is -0.130. The van der Waals surface area contributed by atoms with Gasteiger partial charge in [-0.1, -0.05) is 59.6 Å². The number of aliphatic hydroxyl groups excluding tert-OH is 1. The number of alkyl carbamates (subject to hydrolysis) is 1. The number of carbonyl (C=O) groups is 3. The lowest BCUT2D eigenvalue weighted by Gasteiger charge is -2.19. The molecule has 10 heteroatoms. The number of halogens is 2. The number of amides is 2. The maximum absolute atomic E-state index is 12.3. The van der Waals surface area contributed by atoms with Crippen LogP contribution in [0.2, 0.25) is 10.0 Å². The third-order valence-electron chi connectivity index (χ3n) is 4.41. The Kier molecular flexibility index (Phi) is 10.3. The summed E-state index contributed by atoms with van der Waals surface area (Å²) >= 11 is 12.3. The monoisotopic (exact) mass is 482 g/mol. The molecular formula is C22H24Cl2N2O6. The van der Waals surface area contributed by atoms with Crippen LogP contribution in [0, 0.1) is 0 Å². The largest absolute Gasteiger partial charge is 0.467 e. The van der Waals surface area contributed by atoms with E-state index in [2.05, 4.69) is 10.6 Å². The van der Waals surface area contributed by atoms with E-state index >= 15 is 0 Å². The van der Waals surface area contributed by atoms with E-state index in [0.29, 0.717) is 15.6 Å². The summed E-state index contributed by atoms with van der Waals surface area (Å²) in [6.07, 6.45) is -2.27. The maximum Gasteiger partial charge on any atom is 0.407 e. The van der Waals surface area contributed by atoms with E-state index in [9.17, 15) is 19.5 Å². The van der Waals surface area contributed by atoms with Crippen LogP contribution in [-0.2, 0) is 32.1 Å². The molecule has 0 aliphatic rings. The fourth-order valence-corrected chi connectivity index (χ4v) is 3.33. The van der Waals surface area contributed by atoms with Crippen molar-refractivity contribution in [2.75, 3.05) is 13.7 Å². The minimum Gasteiger partial charge on any atom is -0.467 e. The molecule has 0 radical (unpaired) electrons. The molecular weight excluding hydrogens is 459 g/mol. The number of hydrogen-bond acceptors (Lipinski definition) is 6. The van der Waals surface area contributed by atoms with E-state index in [1.165, 1.54) is 7.11 Å². The topological polar surface area (TPSA) is 114 Å². The molecule has 0 fully saturated rings. The van der Waals surface area contributed by atoms with Gasteiger partial charge in [0.15, 0.2) is 0 Å². The number of aliphatic hydroxyl groups is 1. The number of nitrogens with one attached hydrogen (secondary N) is 2. The van der Waals surface area contributed by atoms with Crippen molar-refractivity contribution in [3.8, 4) is 0 Å². The van der Waals surface area contributed by atoms with Crippen molar-refractivity contribution < 1.29 is 29.0 Å². The van der Waals surface area contributed by atoms with Gasteiger partial charge < -0.3 is 25.2 Å². The summed E-state index contributed by atoms with van der Waals surface area (Å²) in [7, 11) is 1.19. The van der Waals surface area contributed by atoms with Crippen molar-refractivity contribution in [1.29, 1.82) is 0 Å².